The van der Waals surface area contributed by atoms with Gasteiger partial charge in [0.1, 0.15) is 0 Å². The van der Waals surface area contributed by atoms with E-state index in [0.29, 0.717) is 13.2 Å². The van der Waals surface area contributed by atoms with Gasteiger partial charge in [-0.15, -0.1) is 0 Å². The fourth-order valence-corrected chi connectivity index (χ4v) is 2.04. The Morgan fingerprint density at radius 2 is 2.15 bits per heavy atom. The molecule has 2 heterocycles. The number of hydrogen-bond acceptors (Lipinski definition) is 3. The number of ether oxygens (including phenoxy) is 2. The molecule has 72 valence electrons. The molecule has 0 N–H and O–H groups in total. The van der Waals surface area contributed by atoms with Crippen LogP contribution in [0.4, 0.5) is 0 Å². The molecule has 0 aromatic carbocycles. The van der Waals surface area contributed by atoms with Gasteiger partial charge in [0.2, 0.25) is 0 Å². The smallest absolute Gasteiger partial charge is 0.198 e. The Kier molecular flexibility index (Phi) is 2.71. The molecule has 1 fully saturated rings. The van der Waals surface area contributed by atoms with Crippen LogP contribution in [-0.2, 0) is 15.3 Å². The summed E-state index contributed by atoms with van der Waals surface area (Å²) in [5.41, 5.74) is 0.962. The summed E-state index contributed by atoms with van der Waals surface area (Å²) in [6, 6.07) is 1.88. The van der Waals surface area contributed by atoms with Crippen molar-refractivity contribution in [3.63, 3.8) is 0 Å². The fourth-order valence-electron chi connectivity index (χ4n) is 1.52. The van der Waals surface area contributed by atoms with E-state index >= 15 is 0 Å². The zero-order valence-electron chi connectivity index (χ0n) is 7.16. The molecule has 0 saturated carbocycles. The van der Waals surface area contributed by atoms with Gasteiger partial charge in [0.15, 0.2) is 5.79 Å². The van der Waals surface area contributed by atoms with Gasteiger partial charge in [-0.05, 0) is 6.07 Å². The minimum Gasteiger partial charge on any atom is -0.472 e. The number of hydrogen-bond donors (Lipinski definition) is 0. The Balaban J connectivity index is 2.22. The summed E-state index contributed by atoms with van der Waals surface area (Å²) in [5, 5.41) is 0.845. The van der Waals surface area contributed by atoms with Gasteiger partial charge in [-0.2, -0.15) is 0 Å². The molecule has 2 rings (SSSR count). The molecule has 1 aliphatic rings. The molecule has 0 bridgehead atoms. The Labute approximate surface area is 85.1 Å². The van der Waals surface area contributed by atoms with Crippen LogP contribution in [0.15, 0.2) is 23.0 Å². The summed E-state index contributed by atoms with van der Waals surface area (Å²) < 4.78 is 16.2. The molecule has 0 unspecified atom stereocenters. The maximum absolute atomic E-state index is 5.61. The van der Waals surface area contributed by atoms with E-state index in [0.717, 1.165) is 17.3 Å². The molecule has 13 heavy (non-hydrogen) atoms. The molecule has 0 aliphatic carbocycles. The van der Waals surface area contributed by atoms with Gasteiger partial charge in [-0.1, -0.05) is 15.9 Å². The lowest BCUT2D eigenvalue weighted by Crippen LogP contribution is -2.26. The molecular formula is C9H11BrO3. The summed E-state index contributed by atoms with van der Waals surface area (Å²) >= 11 is 3.39. The lowest BCUT2D eigenvalue weighted by atomic mass is 10.1. The third kappa shape index (κ3) is 1.66. The van der Waals surface area contributed by atoms with E-state index < -0.39 is 5.79 Å². The van der Waals surface area contributed by atoms with Crippen molar-refractivity contribution < 1.29 is 13.9 Å². The van der Waals surface area contributed by atoms with Crippen molar-refractivity contribution in [2.45, 2.75) is 12.2 Å². The summed E-state index contributed by atoms with van der Waals surface area (Å²) in [4.78, 5) is 0. The van der Waals surface area contributed by atoms with Crippen LogP contribution in [0.2, 0.25) is 0 Å². The fraction of sp³-hybridized carbons (Fsp3) is 0.556. The topological polar surface area (TPSA) is 31.6 Å². The van der Waals surface area contributed by atoms with E-state index in [-0.39, 0.29) is 0 Å². The third-order valence-corrected chi connectivity index (χ3v) is 2.53. The first kappa shape index (κ1) is 9.24. The van der Waals surface area contributed by atoms with Crippen molar-refractivity contribution in [1.82, 2.24) is 0 Å². The largest absolute Gasteiger partial charge is 0.472 e. The number of halogens is 1. The van der Waals surface area contributed by atoms with Crippen LogP contribution >= 0.6 is 15.9 Å². The number of alkyl halides is 1. The molecule has 0 amide bonds. The van der Waals surface area contributed by atoms with Crippen molar-refractivity contribution in [2.24, 2.45) is 0 Å². The van der Waals surface area contributed by atoms with Gasteiger partial charge in [0.25, 0.3) is 0 Å². The molecule has 3 nitrogen and oxygen atoms in total. The van der Waals surface area contributed by atoms with Crippen LogP contribution in [0.25, 0.3) is 0 Å². The average molecular weight is 247 g/mol. The van der Waals surface area contributed by atoms with Crippen molar-refractivity contribution >= 4 is 15.9 Å². The summed E-state index contributed by atoms with van der Waals surface area (Å²) in [6.07, 6.45) is 4.11. The Bertz CT molecular complexity index is 252. The minimum atomic E-state index is -0.573. The molecule has 0 spiro atoms. The van der Waals surface area contributed by atoms with Gasteiger partial charge in [0.05, 0.1) is 25.7 Å². The minimum absolute atomic E-state index is 0.573. The van der Waals surface area contributed by atoms with Crippen LogP contribution in [0.1, 0.15) is 12.0 Å². The SMILES string of the molecule is BrCCC1(c2ccoc2)OCCO1. The first-order valence-electron chi connectivity index (χ1n) is 4.24. The van der Waals surface area contributed by atoms with Crippen LogP contribution in [0.5, 0.6) is 0 Å². The second-order valence-electron chi connectivity index (χ2n) is 2.90. The molecule has 1 aromatic rings. The third-order valence-electron chi connectivity index (χ3n) is 2.14. The molecule has 1 aromatic heterocycles. The van der Waals surface area contributed by atoms with Gasteiger partial charge in [0, 0.05) is 17.3 Å². The van der Waals surface area contributed by atoms with E-state index in [1.165, 1.54) is 0 Å². The van der Waals surface area contributed by atoms with Crippen LogP contribution < -0.4 is 0 Å². The van der Waals surface area contributed by atoms with Crippen molar-refractivity contribution in [3.05, 3.63) is 24.2 Å². The molecule has 1 aliphatic heterocycles. The summed E-state index contributed by atoms with van der Waals surface area (Å²) in [7, 11) is 0. The standard InChI is InChI=1S/C9H11BrO3/c10-3-2-9(12-5-6-13-9)8-1-4-11-7-8/h1,4,7H,2-3,5-6H2. The van der Waals surface area contributed by atoms with Gasteiger partial charge >= 0.3 is 0 Å². The average Bonchev–Trinajstić information content (AvgIpc) is 2.73. The predicted molar refractivity (Wildman–Crippen MR) is 50.7 cm³/mol. The molecular weight excluding hydrogens is 236 g/mol. The van der Waals surface area contributed by atoms with Gasteiger partial charge in [-0.3, -0.25) is 0 Å². The monoisotopic (exact) mass is 246 g/mol. The molecule has 0 radical (unpaired) electrons. The quantitative estimate of drug-likeness (QED) is 0.768. The highest BCUT2D eigenvalue weighted by Gasteiger charge is 2.38. The molecule has 4 heteroatoms. The van der Waals surface area contributed by atoms with E-state index in [1.807, 2.05) is 6.07 Å². The highest BCUT2D eigenvalue weighted by atomic mass is 79.9. The Morgan fingerprint density at radius 1 is 1.38 bits per heavy atom. The van der Waals surface area contributed by atoms with Gasteiger partial charge < -0.3 is 13.9 Å². The maximum Gasteiger partial charge on any atom is 0.198 e. The van der Waals surface area contributed by atoms with Crippen molar-refractivity contribution in [2.75, 3.05) is 18.5 Å². The first-order valence-corrected chi connectivity index (χ1v) is 5.36. The maximum atomic E-state index is 5.61. The van der Waals surface area contributed by atoms with Crippen LogP contribution in [-0.4, -0.2) is 18.5 Å². The zero-order valence-corrected chi connectivity index (χ0v) is 8.75. The molecule has 0 atom stereocenters. The highest BCUT2D eigenvalue weighted by Crippen LogP contribution is 2.35. The number of rotatable bonds is 3. The first-order chi connectivity index (χ1) is 6.37. The second kappa shape index (κ2) is 3.82. The Morgan fingerprint density at radius 3 is 2.69 bits per heavy atom. The van der Waals surface area contributed by atoms with E-state index in [4.69, 9.17) is 13.9 Å². The van der Waals surface area contributed by atoms with Crippen LogP contribution in [0.3, 0.4) is 0 Å². The predicted octanol–water partition coefficient (Wildman–Crippen LogP) is 2.26. The van der Waals surface area contributed by atoms with Gasteiger partial charge in [-0.25, -0.2) is 0 Å². The lowest BCUT2D eigenvalue weighted by Gasteiger charge is -2.24. The lowest BCUT2D eigenvalue weighted by molar-refractivity contribution is -0.166. The summed E-state index contributed by atoms with van der Waals surface area (Å²) in [5.74, 6) is -0.573. The zero-order chi connectivity index (χ0) is 9.15. The normalized spacial score (nSPS) is 20.7. The van der Waals surface area contributed by atoms with Crippen molar-refractivity contribution in [1.29, 1.82) is 0 Å². The van der Waals surface area contributed by atoms with Crippen LogP contribution in [0, 0.1) is 0 Å². The van der Waals surface area contributed by atoms with E-state index in [2.05, 4.69) is 15.9 Å². The number of furan rings is 1. The Hall–Kier alpha value is -0.320. The highest BCUT2D eigenvalue weighted by molar-refractivity contribution is 9.09. The van der Waals surface area contributed by atoms with Crippen molar-refractivity contribution in [3.8, 4) is 0 Å². The summed E-state index contributed by atoms with van der Waals surface area (Å²) in [6.45, 7) is 1.30. The van der Waals surface area contributed by atoms with E-state index in [1.54, 1.807) is 12.5 Å². The second-order valence-corrected chi connectivity index (χ2v) is 3.69. The molecule has 1 saturated heterocycles. The van der Waals surface area contributed by atoms with E-state index in [9.17, 15) is 0 Å².